The minimum absolute atomic E-state index is 0.0730. The Balaban J connectivity index is 1.72. The Hall–Kier alpha value is -3.34. The first kappa shape index (κ1) is 15.2. The molecule has 0 atom stereocenters. The van der Waals surface area contributed by atoms with Crippen LogP contribution in [0.5, 0.6) is 0 Å². The van der Waals surface area contributed by atoms with Crippen LogP contribution < -0.4 is 5.32 Å². The van der Waals surface area contributed by atoms with Gasteiger partial charge in [0.05, 0.1) is 17.6 Å². The molecule has 1 aromatic heterocycles. The van der Waals surface area contributed by atoms with Gasteiger partial charge in [0, 0.05) is 41.9 Å². The van der Waals surface area contributed by atoms with Gasteiger partial charge >= 0.3 is 0 Å². The van der Waals surface area contributed by atoms with Crippen LogP contribution in [0, 0.1) is 0 Å². The van der Waals surface area contributed by atoms with Gasteiger partial charge in [-0.15, -0.1) is 0 Å². The maximum atomic E-state index is 12.2. The van der Waals surface area contributed by atoms with Gasteiger partial charge in [0.2, 0.25) is 0 Å². The minimum atomic E-state index is -0.0730. The number of aromatic nitrogens is 1. The Bertz CT molecular complexity index is 1030. The highest BCUT2D eigenvalue weighted by atomic mass is 16.2. The largest absolute Gasteiger partial charge is 0.369 e. The highest BCUT2D eigenvalue weighted by molar-refractivity contribution is 6.34. The van der Waals surface area contributed by atoms with Gasteiger partial charge < -0.3 is 15.2 Å². The van der Waals surface area contributed by atoms with Gasteiger partial charge in [-0.3, -0.25) is 4.79 Å². The predicted octanol–water partition coefficient (Wildman–Crippen LogP) is 3.88. The highest BCUT2D eigenvalue weighted by Crippen LogP contribution is 2.33. The minimum Gasteiger partial charge on any atom is -0.369 e. The molecule has 0 radical (unpaired) electrons. The zero-order valence-corrected chi connectivity index (χ0v) is 14.1. The second kappa shape index (κ2) is 5.94. The van der Waals surface area contributed by atoms with Crippen molar-refractivity contribution in [2.45, 2.75) is 0 Å². The number of nitrogens with one attached hydrogen (secondary N) is 2. The van der Waals surface area contributed by atoms with Crippen LogP contribution in [0.1, 0.15) is 11.3 Å². The van der Waals surface area contributed by atoms with Crippen molar-refractivity contribution in [3.8, 4) is 0 Å². The summed E-state index contributed by atoms with van der Waals surface area (Å²) in [5, 5.41) is 3.95. The van der Waals surface area contributed by atoms with Gasteiger partial charge in [-0.25, -0.2) is 4.99 Å². The summed E-state index contributed by atoms with van der Waals surface area (Å²) in [6.07, 6.45) is 3.67. The van der Waals surface area contributed by atoms with Crippen molar-refractivity contribution in [3.05, 3.63) is 59.8 Å². The van der Waals surface area contributed by atoms with Gasteiger partial charge in [-0.1, -0.05) is 18.2 Å². The zero-order valence-electron chi connectivity index (χ0n) is 14.1. The number of hydrogen-bond acceptors (Lipinski definition) is 2. The van der Waals surface area contributed by atoms with Crippen LogP contribution in [0.2, 0.25) is 0 Å². The SMILES string of the molecule is CN(C)/C=N/c1ccc2[nH]c(/C=C3/C(=O)Nc4ccccc43)cc2c1. The number of carbonyl (C=O) groups excluding carboxylic acids is 1. The molecule has 0 spiro atoms. The van der Waals surface area contributed by atoms with E-state index in [2.05, 4.69) is 15.3 Å². The van der Waals surface area contributed by atoms with Crippen molar-refractivity contribution >= 4 is 46.2 Å². The number of benzene rings is 2. The van der Waals surface area contributed by atoms with Crippen LogP contribution in [0.4, 0.5) is 11.4 Å². The second-order valence-electron chi connectivity index (χ2n) is 6.26. The van der Waals surface area contributed by atoms with E-state index in [1.807, 2.05) is 73.6 Å². The molecular formula is C20H18N4O. The van der Waals surface area contributed by atoms with Crippen LogP contribution in [-0.4, -0.2) is 36.2 Å². The Labute approximate surface area is 145 Å². The third-order valence-electron chi connectivity index (χ3n) is 4.07. The fourth-order valence-electron chi connectivity index (χ4n) is 2.92. The summed E-state index contributed by atoms with van der Waals surface area (Å²) in [6.45, 7) is 0. The molecule has 0 saturated heterocycles. The Kier molecular flexibility index (Phi) is 3.61. The van der Waals surface area contributed by atoms with Crippen LogP contribution in [0.15, 0.2) is 53.5 Å². The molecular weight excluding hydrogens is 312 g/mol. The molecule has 2 heterocycles. The molecule has 1 aliphatic rings. The van der Waals surface area contributed by atoms with Gasteiger partial charge in [0.15, 0.2) is 0 Å². The molecule has 0 bridgehead atoms. The lowest BCUT2D eigenvalue weighted by atomic mass is 10.1. The van der Waals surface area contributed by atoms with E-state index >= 15 is 0 Å². The molecule has 2 aromatic carbocycles. The molecule has 2 N–H and O–H groups in total. The van der Waals surface area contributed by atoms with Gasteiger partial charge in [0.1, 0.15) is 0 Å². The maximum Gasteiger partial charge on any atom is 0.256 e. The standard InChI is InChI=1S/C20H18N4O/c1-24(2)12-21-14-7-8-18-13(9-14)10-15(22-18)11-17-16-5-3-4-6-19(16)23-20(17)25/h3-12,22H,1-2H3,(H,23,25)/b17-11+,21-12+. The average Bonchev–Trinajstić information content (AvgIpc) is 3.13. The number of nitrogens with zero attached hydrogens (tertiary/aromatic N) is 2. The molecule has 25 heavy (non-hydrogen) atoms. The molecule has 0 fully saturated rings. The summed E-state index contributed by atoms with van der Waals surface area (Å²) in [7, 11) is 3.88. The lowest BCUT2D eigenvalue weighted by Crippen LogP contribution is -2.06. The van der Waals surface area contributed by atoms with E-state index in [9.17, 15) is 4.79 Å². The summed E-state index contributed by atoms with van der Waals surface area (Å²) in [5.74, 6) is -0.0730. The third kappa shape index (κ3) is 2.92. The molecule has 4 rings (SSSR count). The number of amides is 1. The Morgan fingerprint density at radius 2 is 1.92 bits per heavy atom. The normalized spacial score (nSPS) is 15.1. The number of H-pyrrole nitrogens is 1. The number of carbonyl (C=O) groups is 1. The zero-order chi connectivity index (χ0) is 17.4. The molecule has 0 unspecified atom stereocenters. The van der Waals surface area contributed by atoms with Crippen molar-refractivity contribution in [2.24, 2.45) is 4.99 Å². The average molecular weight is 330 g/mol. The topological polar surface area (TPSA) is 60.5 Å². The lowest BCUT2D eigenvalue weighted by Gasteiger charge is -2.02. The molecule has 0 saturated carbocycles. The summed E-state index contributed by atoms with van der Waals surface area (Å²) in [6, 6.07) is 15.7. The van der Waals surface area contributed by atoms with E-state index in [-0.39, 0.29) is 5.91 Å². The van der Waals surface area contributed by atoms with Crippen molar-refractivity contribution in [3.63, 3.8) is 0 Å². The second-order valence-corrected chi connectivity index (χ2v) is 6.26. The summed E-state index contributed by atoms with van der Waals surface area (Å²) >= 11 is 0. The smallest absolute Gasteiger partial charge is 0.256 e. The maximum absolute atomic E-state index is 12.2. The van der Waals surface area contributed by atoms with Crippen molar-refractivity contribution in [1.82, 2.24) is 9.88 Å². The number of para-hydroxylation sites is 1. The third-order valence-corrected chi connectivity index (χ3v) is 4.07. The lowest BCUT2D eigenvalue weighted by molar-refractivity contribution is -0.110. The number of rotatable bonds is 3. The summed E-state index contributed by atoms with van der Waals surface area (Å²) in [5.41, 5.74) is 5.27. The van der Waals surface area contributed by atoms with E-state index in [0.29, 0.717) is 5.57 Å². The van der Waals surface area contributed by atoms with E-state index in [0.717, 1.165) is 33.5 Å². The van der Waals surface area contributed by atoms with E-state index < -0.39 is 0 Å². The van der Waals surface area contributed by atoms with Crippen molar-refractivity contribution in [1.29, 1.82) is 0 Å². The quantitative estimate of drug-likeness (QED) is 0.435. The van der Waals surface area contributed by atoms with Crippen LogP contribution >= 0.6 is 0 Å². The number of hydrogen-bond donors (Lipinski definition) is 2. The van der Waals surface area contributed by atoms with Crippen LogP contribution in [0.3, 0.4) is 0 Å². The van der Waals surface area contributed by atoms with Gasteiger partial charge in [0.25, 0.3) is 5.91 Å². The molecule has 1 amide bonds. The number of aromatic amines is 1. The Morgan fingerprint density at radius 3 is 2.76 bits per heavy atom. The molecule has 0 aliphatic carbocycles. The van der Waals surface area contributed by atoms with E-state index in [1.54, 1.807) is 6.34 Å². The first-order chi connectivity index (χ1) is 12.1. The molecule has 5 heteroatoms. The molecule has 124 valence electrons. The molecule has 5 nitrogen and oxygen atoms in total. The monoisotopic (exact) mass is 330 g/mol. The van der Waals surface area contributed by atoms with Crippen molar-refractivity contribution in [2.75, 3.05) is 19.4 Å². The van der Waals surface area contributed by atoms with E-state index in [4.69, 9.17) is 0 Å². The molecule has 3 aromatic rings. The fraction of sp³-hybridized carbons (Fsp3) is 0.100. The van der Waals surface area contributed by atoms with Crippen molar-refractivity contribution < 1.29 is 4.79 Å². The van der Waals surface area contributed by atoms with Crippen LogP contribution in [0.25, 0.3) is 22.6 Å². The Morgan fingerprint density at radius 1 is 1.08 bits per heavy atom. The highest BCUT2D eigenvalue weighted by Gasteiger charge is 2.23. The van der Waals surface area contributed by atoms with Crippen LogP contribution in [-0.2, 0) is 4.79 Å². The number of anilines is 1. The fourth-order valence-corrected chi connectivity index (χ4v) is 2.92. The summed E-state index contributed by atoms with van der Waals surface area (Å²) in [4.78, 5) is 21.9. The number of fused-ring (bicyclic) bond motifs is 2. The predicted molar refractivity (Wildman–Crippen MR) is 103 cm³/mol. The van der Waals surface area contributed by atoms with Gasteiger partial charge in [-0.2, -0.15) is 0 Å². The number of aliphatic imine (C=N–C) groups is 1. The summed E-state index contributed by atoms with van der Waals surface area (Å²) < 4.78 is 0. The van der Waals surface area contributed by atoms with Gasteiger partial charge in [-0.05, 0) is 36.4 Å². The first-order valence-corrected chi connectivity index (χ1v) is 8.06. The first-order valence-electron chi connectivity index (χ1n) is 8.06. The molecule has 1 aliphatic heterocycles. The van der Waals surface area contributed by atoms with E-state index in [1.165, 1.54) is 0 Å².